The second kappa shape index (κ2) is 11.0. The van der Waals surface area contributed by atoms with E-state index in [2.05, 4.69) is 133 Å². The van der Waals surface area contributed by atoms with Crippen LogP contribution in [0.2, 0.25) is 0 Å². The van der Waals surface area contributed by atoms with Gasteiger partial charge in [-0.25, -0.2) is 9.98 Å². The SMILES string of the molecule is c1ccc(C2=NC(c3ccc4cc(-c5cccc6oc7ccccc7c56)ccc4c3)N=C(c3ccc4c(ccc5ccccc54)c3)N2)cc1. The van der Waals surface area contributed by atoms with Crippen LogP contribution in [0, 0.1) is 0 Å². The number of nitrogens with zero attached hydrogens (tertiary/aromatic N) is 2. The van der Waals surface area contributed by atoms with Gasteiger partial charge in [-0.3, -0.25) is 0 Å². The molecule has 0 radical (unpaired) electrons. The summed E-state index contributed by atoms with van der Waals surface area (Å²) in [7, 11) is 0. The first-order valence-corrected chi connectivity index (χ1v) is 16.6. The summed E-state index contributed by atoms with van der Waals surface area (Å²) in [5.74, 6) is 1.62. The number of benzene rings is 8. The van der Waals surface area contributed by atoms with Crippen molar-refractivity contribution in [3.05, 3.63) is 180 Å². The Labute approximate surface area is 282 Å². The zero-order chi connectivity index (χ0) is 32.3. The highest BCUT2D eigenvalue weighted by atomic mass is 16.3. The summed E-state index contributed by atoms with van der Waals surface area (Å²) in [6.07, 6.45) is -0.395. The van der Waals surface area contributed by atoms with E-state index < -0.39 is 6.17 Å². The van der Waals surface area contributed by atoms with Gasteiger partial charge in [-0.05, 0) is 79.3 Å². The van der Waals surface area contributed by atoms with Crippen molar-refractivity contribution in [1.82, 2.24) is 5.32 Å². The van der Waals surface area contributed by atoms with Gasteiger partial charge in [0.2, 0.25) is 0 Å². The topological polar surface area (TPSA) is 49.9 Å². The van der Waals surface area contributed by atoms with Gasteiger partial charge in [-0.2, -0.15) is 0 Å². The largest absolute Gasteiger partial charge is 0.456 e. The minimum atomic E-state index is -0.395. The molecule has 49 heavy (non-hydrogen) atoms. The second-order valence-corrected chi connectivity index (χ2v) is 12.6. The summed E-state index contributed by atoms with van der Waals surface area (Å²) in [4.78, 5) is 10.3. The maximum atomic E-state index is 6.17. The van der Waals surface area contributed by atoms with Gasteiger partial charge in [0.25, 0.3) is 0 Å². The van der Waals surface area contributed by atoms with Crippen LogP contribution in [0.4, 0.5) is 0 Å². The summed E-state index contributed by atoms with van der Waals surface area (Å²) >= 11 is 0. The van der Waals surface area contributed by atoms with E-state index in [9.17, 15) is 0 Å². The Balaban J connectivity index is 1.06. The third kappa shape index (κ3) is 4.68. The van der Waals surface area contributed by atoms with E-state index in [0.717, 1.165) is 61.2 Å². The Hall–Kier alpha value is -6.52. The predicted octanol–water partition coefficient (Wildman–Crippen LogP) is 11.2. The van der Waals surface area contributed by atoms with Crippen molar-refractivity contribution in [1.29, 1.82) is 0 Å². The van der Waals surface area contributed by atoms with E-state index in [1.807, 2.05) is 36.4 Å². The Kier molecular flexibility index (Phi) is 6.21. The monoisotopic (exact) mass is 627 g/mol. The standard InChI is InChI=1S/C45H29N3O/c1-2-10-29(11-3-1)43-46-44(48-45(47-43)35-23-24-37-32(27-35)20-17-28-9-4-5-12-36(28)37)34-22-19-30-25-33(21-18-31(30)26-34)38-14-8-16-41-42(38)39-13-6-7-15-40(39)49-41/h1-27,44H,(H,46,47,48). The summed E-state index contributed by atoms with van der Waals surface area (Å²) in [5.41, 5.74) is 7.24. The zero-order valence-electron chi connectivity index (χ0n) is 26.5. The number of hydrogen-bond acceptors (Lipinski definition) is 4. The van der Waals surface area contributed by atoms with Gasteiger partial charge in [0.15, 0.2) is 6.17 Å². The van der Waals surface area contributed by atoms with Crippen molar-refractivity contribution in [2.75, 3.05) is 0 Å². The lowest BCUT2D eigenvalue weighted by Crippen LogP contribution is -2.36. The van der Waals surface area contributed by atoms with E-state index in [0.29, 0.717) is 0 Å². The van der Waals surface area contributed by atoms with Crippen molar-refractivity contribution in [2.45, 2.75) is 6.17 Å². The molecule has 4 nitrogen and oxygen atoms in total. The molecule has 2 heterocycles. The van der Waals surface area contributed by atoms with E-state index >= 15 is 0 Å². The van der Waals surface area contributed by atoms with Crippen LogP contribution in [0.3, 0.4) is 0 Å². The molecule has 10 rings (SSSR count). The van der Waals surface area contributed by atoms with E-state index in [4.69, 9.17) is 14.4 Å². The molecular weight excluding hydrogens is 599 g/mol. The Morgan fingerprint density at radius 2 is 1.08 bits per heavy atom. The number of fused-ring (bicyclic) bond motifs is 7. The molecule has 8 aromatic carbocycles. The van der Waals surface area contributed by atoms with E-state index in [-0.39, 0.29) is 0 Å². The lowest BCUT2D eigenvalue weighted by Gasteiger charge is -2.23. The van der Waals surface area contributed by atoms with Crippen molar-refractivity contribution in [3.8, 4) is 11.1 Å². The minimum absolute atomic E-state index is 0.395. The van der Waals surface area contributed by atoms with Gasteiger partial charge < -0.3 is 9.73 Å². The number of furan rings is 1. The average molecular weight is 628 g/mol. The second-order valence-electron chi connectivity index (χ2n) is 12.6. The van der Waals surface area contributed by atoms with Crippen LogP contribution in [-0.4, -0.2) is 11.7 Å². The highest BCUT2D eigenvalue weighted by molar-refractivity contribution is 6.18. The summed E-state index contributed by atoms with van der Waals surface area (Å²) < 4.78 is 6.17. The Morgan fingerprint density at radius 1 is 0.429 bits per heavy atom. The van der Waals surface area contributed by atoms with Gasteiger partial charge in [0.1, 0.15) is 22.8 Å². The minimum Gasteiger partial charge on any atom is -0.456 e. The molecule has 1 aliphatic heterocycles. The molecule has 0 spiro atoms. The third-order valence-corrected chi connectivity index (χ3v) is 9.68. The molecule has 0 saturated carbocycles. The molecule has 4 heteroatoms. The number of rotatable bonds is 4. The maximum absolute atomic E-state index is 6.17. The van der Waals surface area contributed by atoms with E-state index in [1.54, 1.807) is 0 Å². The van der Waals surface area contributed by atoms with Crippen LogP contribution < -0.4 is 5.32 Å². The van der Waals surface area contributed by atoms with Crippen LogP contribution >= 0.6 is 0 Å². The molecule has 1 N–H and O–H groups in total. The fraction of sp³-hybridized carbons (Fsp3) is 0.0222. The van der Waals surface area contributed by atoms with Gasteiger partial charge in [0, 0.05) is 21.9 Å². The van der Waals surface area contributed by atoms with Crippen molar-refractivity contribution in [3.63, 3.8) is 0 Å². The van der Waals surface area contributed by atoms with Gasteiger partial charge >= 0.3 is 0 Å². The molecule has 1 atom stereocenters. The summed E-state index contributed by atoms with van der Waals surface area (Å²) in [6, 6.07) is 57.6. The van der Waals surface area contributed by atoms with Crippen LogP contribution in [0.25, 0.3) is 65.4 Å². The highest BCUT2D eigenvalue weighted by Gasteiger charge is 2.21. The lowest BCUT2D eigenvalue weighted by molar-refractivity contribution is 0.669. The Bertz CT molecular complexity index is 2810. The average Bonchev–Trinajstić information content (AvgIpc) is 3.56. The van der Waals surface area contributed by atoms with Crippen molar-refractivity contribution < 1.29 is 4.42 Å². The first-order chi connectivity index (χ1) is 24.2. The molecule has 0 fully saturated rings. The fourth-order valence-electron chi connectivity index (χ4n) is 7.26. The molecule has 1 aliphatic rings. The molecule has 0 amide bonds. The van der Waals surface area contributed by atoms with E-state index in [1.165, 1.54) is 32.5 Å². The zero-order valence-corrected chi connectivity index (χ0v) is 26.5. The molecule has 9 aromatic rings. The van der Waals surface area contributed by atoms with Crippen LogP contribution in [-0.2, 0) is 0 Å². The maximum Gasteiger partial charge on any atom is 0.169 e. The first-order valence-electron chi connectivity index (χ1n) is 16.6. The molecule has 1 aromatic heterocycles. The molecular formula is C45H29N3O. The molecule has 0 aliphatic carbocycles. The summed E-state index contributed by atoms with van der Waals surface area (Å²) in [5, 5.41) is 13.1. The number of para-hydroxylation sites is 1. The van der Waals surface area contributed by atoms with Gasteiger partial charge in [-0.15, -0.1) is 0 Å². The highest BCUT2D eigenvalue weighted by Crippen LogP contribution is 2.38. The molecule has 0 saturated heterocycles. The Morgan fingerprint density at radius 3 is 2.00 bits per heavy atom. The predicted molar refractivity (Wildman–Crippen MR) is 204 cm³/mol. The lowest BCUT2D eigenvalue weighted by atomic mass is 9.96. The first kappa shape index (κ1) is 27.6. The molecule has 1 unspecified atom stereocenters. The van der Waals surface area contributed by atoms with Crippen molar-refractivity contribution in [2.24, 2.45) is 9.98 Å². The summed E-state index contributed by atoms with van der Waals surface area (Å²) in [6.45, 7) is 0. The van der Waals surface area contributed by atoms with Gasteiger partial charge in [0.05, 0.1) is 0 Å². The molecule has 0 bridgehead atoms. The fourth-order valence-corrected chi connectivity index (χ4v) is 7.26. The number of amidine groups is 2. The van der Waals surface area contributed by atoms with Crippen LogP contribution in [0.5, 0.6) is 0 Å². The van der Waals surface area contributed by atoms with Crippen molar-refractivity contribution >= 4 is 65.9 Å². The number of aliphatic imine (C=N–C) groups is 2. The molecule has 230 valence electrons. The van der Waals surface area contributed by atoms with Crippen LogP contribution in [0.1, 0.15) is 22.9 Å². The third-order valence-electron chi connectivity index (χ3n) is 9.68. The number of nitrogens with one attached hydrogen (secondary N) is 1. The number of hydrogen-bond donors (Lipinski definition) is 1. The van der Waals surface area contributed by atoms with Crippen LogP contribution in [0.15, 0.2) is 178 Å². The van der Waals surface area contributed by atoms with Gasteiger partial charge in [-0.1, -0.05) is 133 Å². The normalized spacial score (nSPS) is 14.7. The quantitative estimate of drug-likeness (QED) is 0.197. The smallest absolute Gasteiger partial charge is 0.169 e.